The summed E-state index contributed by atoms with van der Waals surface area (Å²) in [6.45, 7) is 4.77. The number of carbonyl (C=O) groups is 1. The summed E-state index contributed by atoms with van der Waals surface area (Å²) in [5, 5.41) is 12.1. The zero-order valence-electron chi connectivity index (χ0n) is 15.3. The van der Waals surface area contributed by atoms with E-state index in [9.17, 15) is 23.1 Å². The van der Waals surface area contributed by atoms with E-state index >= 15 is 0 Å². The molecule has 0 bridgehead atoms. The molecule has 2 aromatic heterocycles. The van der Waals surface area contributed by atoms with E-state index in [1.807, 2.05) is 0 Å². The van der Waals surface area contributed by atoms with Crippen molar-refractivity contribution >= 4 is 11.9 Å². The van der Waals surface area contributed by atoms with Crippen molar-refractivity contribution in [1.29, 1.82) is 0 Å². The highest BCUT2D eigenvalue weighted by Gasteiger charge is 2.51. The zero-order chi connectivity index (χ0) is 20.5. The van der Waals surface area contributed by atoms with Gasteiger partial charge in [-0.3, -0.25) is 10.3 Å². The number of aliphatic hydroxyl groups is 1. The summed E-state index contributed by atoms with van der Waals surface area (Å²) in [5.74, 6) is 0.0174. The van der Waals surface area contributed by atoms with E-state index in [4.69, 9.17) is 0 Å². The smallest absolute Gasteiger partial charge is 0.427 e. The fourth-order valence-corrected chi connectivity index (χ4v) is 2.00. The van der Waals surface area contributed by atoms with Gasteiger partial charge in [0.15, 0.2) is 0 Å². The maximum absolute atomic E-state index is 12.8. The molecule has 0 aliphatic heterocycles. The number of nitrogens with zero attached hydrogens (tertiary/aromatic N) is 2. The lowest BCUT2D eigenvalue weighted by Crippen LogP contribution is -2.44. The third-order valence-corrected chi connectivity index (χ3v) is 3.79. The zero-order valence-corrected chi connectivity index (χ0v) is 15.3. The molecule has 0 spiro atoms. The van der Waals surface area contributed by atoms with Crippen LogP contribution in [-0.4, -0.2) is 32.9 Å². The number of amides is 1. The third kappa shape index (κ3) is 5.16. The number of rotatable bonds is 4. The summed E-state index contributed by atoms with van der Waals surface area (Å²) in [6.07, 6.45) is -3.08. The molecule has 146 valence electrons. The standard InChI is InChI=1S/C18H20F3N3O3/c1-16(2,26)12-5-6-13(23-10-12)11-7-8-22-14(9-11)24-15(25)27-17(3,4)18(19,20)21/h5-10,26H,1-4H3,(H,22,24,25). The number of hydrogen-bond acceptors (Lipinski definition) is 5. The van der Waals surface area contributed by atoms with E-state index in [1.54, 1.807) is 32.0 Å². The Morgan fingerprint density at radius 1 is 1.11 bits per heavy atom. The first-order chi connectivity index (χ1) is 12.3. The van der Waals surface area contributed by atoms with Crippen LogP contribution in [-0.2, 0) is 10.3 Å². The SMILES string of the molecule is CC(C)(O)c1ccc(-c2ccnc(NC(=O)OC(C)(C)C(F)(F)F)c2)nc1. The number of halogens is 3. The van der Waals surface area contributed by atoms with Gasteiger partial charge < -0.3 is 9.84 Å². The van der Waals surface area contributed by atoms with Gasteiger partial charge in [0.2, 0.25) is 5.60 Å². The van der Waals surface area contributed by atoms with Crippen LogP contribution in [0.15, 0.2) is 36.7 Å². The Bertz CT molecular complexity index is 813. The fraction of sp³-hybridized carbons (Fsp3) is 0.389. The van der Waals surface area contributed by atoms with E-state index in [0.29, 0.717) is 16.8 Å². The average Bonchev–Trinajstić information content (AvgIpc) is 2.52. The minimum atomic E-state index is -4.70. The number of ether oxygens (including phenoxy) is 1. The van der Waals surface area contributed by atoms with Crippen LogP contribution in [0.25, 0.3) is 11.3 Å². The monoisotopic (exact) mass is 383 g/mol. The Morgan fingerprint density at radius 3 is 2.30 bits per heavy atom. The van der Waals surface area contributed by atoms with Gasteiger partial charge in [0.05, 0.1) is 11.3 Å². The van der Waals surface area contributed by atoms with E-state index in [0.717, 1.165) is 13.8 Å². The Labute approximate surface area is 154 Å². The van der Waals surface area contributed by atoms with Gasteiger partial charge in [0.1, 0.15) is 5.82 Å². The molecule has 0 aliphatic rings. The molecule has 9 heteroatoms. The first-order valence-corrected chi connectivity index (χ1v) is 8.02. The number of alkyl halides is 3. The van der Waals surface area contributed by atoms with Crippen LogP contribution in [0, 0.1) is 0 Å². The molecule has 0 fully saturated rings. The highest BCUT2D eigenvalue weighted by Crippen LogP contribution is 2.33. The minimum Gasteiger partial charge on any atom is -0.434 e. The quantitative estimate of drug-likeness (QED) is 0.824. The highest BCUT2D eigenvalue weighted by atomic mass is 19.4. The van der Waals surface area contributed by atoms with E-state index in [-0.39, 0.29) is 5.82 Å². The van der Waals surface area contributed by atoms with Crippen molar-refractivity contribution in [3.8, 4) is 11.3 Å². The van der Waals surface area contributed by atoms with Gasteiger partial charge in [-0.2, -0.15) is 13.2 Å². The van der Waals surface area contributed by atoms with Crippen LogP contribution in [0.5, 0.6) is 0 Å². The van der Waals surface area contributed by atoms with Gasteiger partial charge in [0, 0.05) is 23.5 Å². The summed E-state index contributed by atoms with van der Waals surface area (Å²) in [5.41, 5.74) is -1.93. The molecule has 0 radical (unpaired) electrons. The molecule has 2 N–H and O–H groups in total. The maximum atomic E-state index is 12.8. The molecule has 0 atom stereocenters. The predicted molar refractivity (Wildman–Crippen MR) is 93.0 cm³/mol. The van der Waals surface area contributed by atoms with Crippen LogP contribution in [0.2, 0.25) is 0 Å². The third-order valence-electron chi connectivity index (χ3n) is 3.79. The number of carbonyl (C=O) groups excluding carboxylic acids is 1. The number of pyridine rings is 2. The number of nitrogens with one attached hydrogen (secondary N) is 1. The normalized spacial score (nSPS) is 12.6. The Balaban J connectivity index is 2.15. The van der Waals surface area contributed by atoms with E-state index < -0.39 is 23.5 Å². The molecule has 2 aromatic rings. The molecular formula is C18H20F3N3O3. The van der Waals surface area contributed by atoms with Crippen molar-refractivity contribution in [3.05, 3.63) is 42.2 Å². The number of anilines is 1. The molecule has 0 aromatic carbocycles. The second-order valence-corrected chi connectivity index (χ2v) is 6.94. The maximum Gasteiger partial charge on any atom is 0.427 e. The van der Waals surface area contributed by atoms with Crippen molar-refractivity contribution in [3.63, 3.8) is 0 Å². The van der Waals surface area contributed by atoms with Crippen LogP contribution < -0.4 is 5.32 Å². The highest BCUT2D eigenvalue weighted by molar-refractivity contribution is 5.84. The van der Waals surface area contributed by atoms with Crippen molar-refractivity contribution in [1.82, 2.24) is 9.97 Å². The van der Waals surface area contributed by atoms with Crippen LogP contribution in [0.1, 0.15) is 33.3 Å². The Kier molecular flexibility index (Phi) is 5.46. The molecule has 27 heavy (non-hydrogen) atoms. The number of aromatic nitrogens is 2. The second-order valence-electron chi connectivity index (χ2n) is 6.94. The van der Waals surface area contributed by atoms with Crippen molar-refractivity contribution < 1.29 is 27.8 Å². The Morgan fingerprint density at radius 2 is 1.78 bits per heavy atom. The second kappa shape index (κ2) is 7.15. The largest absolute Gasteiger partial charge is 0.434 e. The molecule has 1 amide bonds. The van der Waals surface area contributed by atoms with Gasteiger partial charge in [0.25, 0.3) is 0 Å². The van der Waals surface area contributed by atoms with Crippen LogP contribution >= 0.6 is 0 Å². The molecule has 0 saturated heterocycles. The van der Waals surface area contributed by atoms with E-state index in [1.165, 1.54) is 18.5 Å². The van der Waals surface area contributed by atoms with Crippen molar-refractivity contribution in [2.24, 2.45) is 0 Å². The predicted octanol–water partition coefficient (Wildman–Crippen LogP) is 4.26. The van der Waals surface area contributed by atoms with Gasteiger partial charge >= 0.3 is 12.3 Å². The minimum absolute atomic E-state index is 0.0174. The summed E-state index contributed by atoms with van der Waals surface area (Å²) in [7, 11) is 0. The van der Waals surface area contributed by atoms with Gasteiger partial charge in [-0.15, -0.1) is 0 Å². The van der Waals surface area contributed by atoms with Gasteiger partial charge in [-0.25, -0.2) is 9.78 Å². The topological polar surface area (TPSA) is 84.3 Å². The van der Waals surface area contributed by atoms with Crippen LogP contribution in [0.4, 0.5) is 23.8 Å². The van der Waals surface area contributed by atoms with Crippen molar-refractivity contribution in [2.45, 2.75) is 45.1 Å². The van der Waals surface area contributed by atoms with Crippen LogP contribution in [0.3, 0.4) is 0 Å². The first kappa shape index (κ1) is 20.6. The number of hydrogen-bond donors (Lipinski definition) is 2. The van der Waals surface area contributed by atoms with Crippen molar-refractivity contribution in [2.75, 3.05) is 5.32 Å². The molecule has 6 nitrogen and oxygen atoms in total. The first-order valence-electron chi connectivity index (χ1n) is 8.02. The molecular weight excluding hydrogens is 363 g/mol. The molecule has 0 aliphatic carbocycles. The lowest BCUT2D eigenvalue weighted by atomic mass is 10.00. The summed E-state index contributed by atoms with van der Waals surface area (Å²) in [6, 6.07) is 6.46. The lowest BCUT2D eigenvalue weighted by Gasteiger charge is -2.27. The summed E-state index contributed by atoms with van der Waals surface area (Å²) >= 11 is 0. The lowest BCUT2D eigenvalue weighted by molar-refractivity contribution is -0.242. The Hall–Kier alpha value is -2.68. The molecule has 0 saturated carbocycles. The summed E-state index contributed by atoms with van der Waals surface area (Å²) < 4.78 is 42.8. The van der Waals surface area contributed by atoms with Gasteiger partial charge in [-0.05, 0) is 45.9 Å². The van der Waals surface area contributed by atoms with E-state index in [2.05, 4.69) is 20.0 Å². The summed E-state index contributed by atoms with van der Waals surface area (Å²) in [4.78, 5) is 19.9. The molecule has 2 rings (SSSR count). The fourth-order valence-electron chi connectivity index (χ4n) is 2.00. The average molecular weight is 383 g/mol. The molecule has 2 heterocycles. The van der Waals surface area contributed by atoms with Gasteiger partial charge in [-0.1, -0.05) is 6.07 Å². The molecule has 0 unspecified atom stereocenters.